The lowest BCUT2D eigenvalue weighted by molar-refractivity contribution is 0.413. The van der Waals surface area contributed by atoms with Crippen molar-refractivity contribution in [3.63, 3.8) is 0 Å². The number of aryl methyl sites for hydroxylation is 1. The fourth-order valence-corrected chi connectivity index (χ4v) is 1.37. The lowest BCUT2D eigenvalue weighted by atomic mass is 10.1. The van der Waals surface area contributed by atoms with E-state index in [0.29, 0.717) is 16.3 Å². The van der Waals surface area contributed by atoms with Crippen molar-refractivity contribution in [1.29, 1.82) is 5.26 Å². The van der Waals surface area contributed by atoms with Crippen LogP contribution in [0.3, 0.4) is 0 Å². The fourth-order valence-electron chi connectivity index (χ4n) is 1.22. The van der Waals surface area contributed by atoms with E-state index in [0.717, 1.165) is 11.1 Å². The molecule has 0 fully saturated rings. The molecule has 0 radical (unpaired) electrons. The number of hydrogen-bond donors (Lipinski definition) is 0. The predicted molar refractivity (Wildman–Crippen MR) is 52.2 cm³/mol. The molecule has 0 unspecified atom stereocenters. The second kappa shape index (κ2) is 3.68. The number of rotatable bonds is 1. The Hall–Kier alpha value is -1.20. The summed E-state index contributed by atoms with van der Waals surface area (Å²) in [6.07, 6.45) is 0. The van der Waals surface area contributed by atoms with Crippen molar-refractivity contribution in [3.8, 4) is 11.8 Å². The van der Waals surface area contributed by atoms with Crippen molar-refractivity contribution < 1.29 is 4.74 Å². The second-order valence-corrected chi connectivity index (χ2v) is 3.20. The number of ether oxygens (including phenoxy) is 1. The van der Waals surface area contributed by atoms with Gasteiger partial charge in [0.05, 0.1) is 12.7 Å². The van der Waals surface area contributed by atoms with Crippen LogP contribution in [0.5, 0.6) is 5.75 Å². The Kier molecular flexibility index (Phi) is 2.79. The molecule has 1 rings (SSSR count). The van der Waals surface area contributed by atoms with Crippen LogP contribution < -0.4 is 4.74 Å². The molecule has 1 aromatic rings. The molecule has 0 aliphatic carbocycles. The van der Waals surface area contributed by atoms with E-state index >= 15 is 0 Å². The molecule has 0 saturated carbocycles. The van der Waals surface area contributed by atoms with Gasteiger partial charge in [0.25, 0.3) is 0 Å². The fraction of sp³-hybridized carbons (Fsp3) is 0.300. The Morgan fingerprint density at radius 3 is 2.54 bits per heavy atom. The molecule has 0 bridgehead atoms. The van der Waals surface area contributed by atoms with Crippen molar-refractivity contribution in [3.05, 3.63) is 27.8 Å². The summed E-state index contributed by atoms with van der Waals surface area (Å²) in [5, 5.41) is 9.49. The lowest BCUT2D eigenvalue weighted by Gasteiger charge is -2.09. The first-order valence-electron chi connectivity index (χ1n) is 3.85. The smallest absolute Gasteiger partial charge is 0.137 e. The zero-order valence-electron chi connectivity index (χ0n) is 7.81. The molecule has 1 aromatic carbocycles. The van der Waals surface area contributed by atoms with Crippen LogP contribution in [-0.4, -0.2) is 7.11 Å². The number of halogens is 1. The summed E-state index contributed by atoms with van der Waals surface area (Å²) < 4.78 is 5.07. The normalized spacial score (nSPS) is 9.46. The summed E-state index contributed by atoms with van der Waals surface area (Å²) >= 11 is 5.98. The number of hydrogen-bond acceptors (Lipinski definition) is 2. The van der Waals surface area contributed by atoms with Crippen LogP contribution in [0.2, 0.25) is 5.02 Å². The molecule has 0 saturated heterocycles. The van der Waals surface area contributed by atoms with Gasteiger partial charge in [-0.15, -0.1) is 0 Å². The number of nitriles is 1. The van der Waals surface area contributed by atoms with Crippen LogP contribution in [0.4, 0.5) is 0 Å². The van der Waals surface area contributed by atoms with E-state index in [9.17, 15) is 0 Å². The SMILES string of the molecule is COc1cc(C)c(Cl)c(C)c1C#N. The summed E-state index contributed by atoms with van der Waals surface area (Å²) in [6.45, 7) is 3.70. The second-order valence-electron chi connectivity index (χ2n) is 2.82. The van der Waals surface area contributed by atoms with Gasteiger partial charge in [-0.1, -0.05) is 11.6 Å². The molecule has 3 heteroatoms. The highest BCUT2D eigenvalue weighted by molar-refractivity contribution is 6.32. The molecule has 0 amide bonds. The van der Waals surface area contributed by atoms with E-state index < -0.39 is 0 Å². The summed E-state index contributed by atoms with van der Waals surface area (Å²) in [4.78, 5) is 0. The number of benzene rings is 1. The minimum Gasteiger partial charge on any atom is -0.495 e. The van der Waals surface area contributed by atoms with Gasteiger partial charge < -0.3 is 4.74 Å². The molecule has 0 N–H and O–H groups in total. The highest BCUT2D eigenvalue weighted by Gasteiger charge is 2.11. The topological polar surface area (TPSA) is 33.0 Å². The molecular formula is C10H10ClNO. The van der Waals surface area contributed by atoms with E-state index in [4.69, 9.17) is 21.6 Å². The molecule has 0 aliphatic heterocycles. The Morgan fingerprint density at radius 2 is 2.08 bits per heavy atom. The van der Waals surface area contributed by atoms with Crippen LogP contribution in [0.15, 0.2) is 6.07 Å². The van der Waals surface area contributed by atoms with Gasteiger partial charge in [-0.3, -0.25) is 0 Å². The van der Waals surface area contributed by atoms with Crippen molar-refractivity contribution in [2.24, 2.45) is 0 Å². The van der Waals surface area contributed by atoms with Gasteiger partial charge in [-0.2, -0.15) is 5.26 Å². The van der Waals surface area contributed by atoms with Crippen LogP contribution in [0, 0.1) is 25.2 Å². The Bertz CT molecular complexity index is 379. The Morgan fingerprint density at radius 1 is 1.46 bits per heavy atom. The molecular weight excluding hydrogens is 186 g/mol. The quantitative estimate of drug-likeness (QED) is 0.691. The van der Waals surface area contributed by atoms with Gasteiger partial charge in [-0.25, -0.2) is 0 Å². The highest BCUT2D eigenvalue weighted by Crippen LogP contribution is 2.30. The van der Waals surface area contributed by atoms with Crippen molar-refractivity contribution in [2.45, 2.75) is 13.8 Å². The number of methoxy groups -OCH3 is 1. The summed E-state index contributed by atoms with van der Waals surface area (Å²) in [7, 11) is 1.54. The summed E-state index contributed by atoms with van der Waals surface area (Å²) in [6, 6.07) is 3.85. The first-order valence-corrected chi connectivity index (χ1v) is 4.23. The van der Waals surface area contributed by atoms with E-state index in [1.54, 1.807) is 13.2 Å². The predicted octanol–water partition coefficient (Wildman–Crippen LogP) is 2.84. The van der Waals surface area contributed by atoms with Gasteiger partial charge >= 0.3 is 0 Å². The maximum Gasteiger partial charge on any atom is 0.137 e. The standard InChI is InChI=1S/C10H10ClNO/c1-6-4-9(13-3)8(5-12)7(2)10(6)11/h4H,1-3H3. The monoisotopic (exact) mass is 195 g/mol. The van der Waals surface area contributed by atoms with E-state index in [-0.39, 0.29) is 0 Å². The van der Waals surface area contributed by atoms with E-state index in [2.05, 4.69) is 6.07 Å². The minimum absolute atomic E-state index is 0.512. The van der Waals surface area contributed by atoms with Gasteiger partial charge in [0.15, 0.2) is 0 Å². The molecule has 0 heterocycles. The number of nitrogens with zero attached hydrogens (tertiary/aromatic N) is 1. The third-order valence-electron chi connectivity index (χ3n) is 1.98. The molecule has 0 atom stereocenters. The third-order valence-corrected chi connectivity index (χ3v) is 2.56. The maximum atomic E-state index is 8.86. The zero-order valence-corrected chi connectivity index (χ0v) is 8.57. The first kappa shape index (κ1) is 9.88. The van der Waals surface area contributed by atoms with Crippen LogP contribution >= 0.6 is 11.6 Å². The zero-order chi connectivity index (χ0) is 10.0. The average Bonchev–Trinajstić information content (AvgIpc) is 2.13. The molecule has 0 aliphatic rings. The average molecular weight is 196 g/mol. The molecule has 2 nitrogen and oxygen atoms in total. The molecule has 0 spiro atoms. The third kappa shape index (κ3) is 1.61. The van der Waals surface area contributed by atoms with Crippen molar-refractivity contribution in [1.82, 2.24) is 0 Å². The molecule has 13 heavy (non-hydrogen) atoms. The summed E-state index contributed by atoms with van der Waals surface area (Å²) in [5.41, 5.74) is 2.22. The lowest BCUT2D eigenvalue weighted by Crippen LogP contribution is -1.94. The van der Waals surface area contributed by atoms with Crippen LogP contribution in [-0.2, 0) is 0 Å². The summed E-state index contributed by atoms with van der Waals surface area (Å²) in [5.74, 6) is 0.585. The molecule has 0 aromatic heterocycles. The largest absolute Gasteiger partial charge is 0.495 e. The van der Waals surface area contributed by atoms with Crippen molar-refractivity contribution >= 4 is 11.6 Å². The van der Waals surface area contributed by atoms with Gasteiger partial charge in [0, 0.05) is 5.02 Å². The maximum absolute atomic E-state index is 8.86. The highest BCUT2D eigenvalue weighted by atomic mass is 35.5. The first-order chi connectivity index (χ1) is 6.11. The van der Waals surface area contributed by atoms with Gasteiger partial charge in [0.1, 0.15) is 11.8 Å². The van der Waals surface area contributed by atoms with Crippen molar-refractivity contribution in [2.75, 3.05) is 7.11 Å². The molecule has 68 valence electrons. The van der Waals surface area contributed by atoms with E-state index in [1.807, 2.05) is 13.8 Å². The van der Waals surface area contributed by atoms with E-state index in [1.165, 1.54) is 0 Å². The van der Waals surface area contributed by atoms with Crippen LogP contribution in [0.25, 0.3) is 0 Å². The Balaban J connectivity index is 3.50. The Labute approximate surface area is 82.7 Å². The van der Waals surface area contributed by atoms with Crippen LogP contribution in [0.1, 0.15) is 16.7 Å². The van der Waals surface area contributed by atoms with Gasteiger partial charge in [0.2, 0.25) is 0 Å². The van der Waals surface area contributed by atoms with Gasteiger partial charge in [-0.05, 0) is 31.0 Å². The minimum atomic E-state index is 0.512.